The highest BCUT2D eigenvalue weighted by molar-refractivity contribution is 5.81. The van der Waals surface area contributed by atoms with Gasteiger partial charge in [0.25, 0.3) is 0 Å². The van der Waals surface area contributed by atoms with Gasteiger partial charge in [0, 0.05) is 12.4 Å². The van der Waals surface area contributed by atoms with Gasteiger partial charge in [0.15, 0.2) is 0 Å². The number of hydrogen-bond donors (Lipinski definition) is 0. The number of fused-ring (bicyclic) bond motifs is 1. The van der Waals surface area contributed by atoms with Crippen LogP contribution in [0.3, 0.4) is 0 Å². The molecule has 0 radical (unpaired) electrons. The van der Waals surface area contributed by atoms with E-state index < -0.39 is 0 Å². The van der Waals surface area contributed by atoms with Gasteiger partial charge < -0.3 is 0 Å². The lowest BCUT2D eigenvalue weighted by Crippen LogP contribution is -1.90. The third-order valence-electron chi connectivity index (χ3n) is 2.10. The van der Waals surface area contributed by atoms with Gasteiger partial charge in [-0.25, -0.2) is 0 Å². The smallest absolute Gasteiger partial charge is 0.0917 e. The zero-order chi connectivity index (χ0) is 9.26. The summed E-state index contributed by atoms with van der Waals surface area (Å²) in [6, 6.07) is 8.13. The molecule has 2 aromatic rings. The Kier molecular flexibility index (Phi) is 1.85. The lowest BCUT2D eigenvalue weighted by molar-refractivity contribution is 0.767. The van der Waals surface area contributed by atoms with Gasteiger partial charge in [0.05, 0.1) is 17.8 Å². The number of aryl methyl sites for hydroxylation is 1. The molecule has 0 bridgehead atoms. The Bertz CT molecular complexity index is 442. The van der Waals surface area contributed by atoms with Gasteiger partial charge in [-0.15, -0.1) is 0 Å². The minimum Gasteiger partial charge on any atom is -0.294 e. The fraction of sp³-hybridized carbons (Fsp3) is 0.200. The van der Waals surface area contributed by atoms with E-state index in [2.05, 4.69) is 28.9 Å². The lowest BCUT2D eigenvalue weighted by atomic mass is 10.2. The predicted molar refractivity (Wildman–Crippen MR) is 54.0 cm³/mol. The second-order valence-electron chi connectivity index (χ2n) is 2.97. The van der Waals surface area contributed by atoms with Crippen LogP contribution in [0.25, 0.3) is 10.9 Å². The first-order valence-corrected chi connectivity index (χ1v) is 4.16. The van der Waals surface area contributed by atoms with Crippen molar-refractivity contribution >= 4 is 17.6 Å². The van der Waals surface area contributed by atoms with Crippen LogP contribution >= 0.6 is 0 Å². The van der Waals surface area contributed by atoms with Crippen LogP contribution in [0.2, 0.25) is 0 Å². The zero-order valence-electron chi connectivity index (χ0n) is 7.57. The lowest BCUT2D eigenvalue weighted by Gasteiger charge is -1.90. The normalized spacial score (nSPS) is 10.5. The van der Waals surface area contributed by atoms with Crippen LogP contribution in [0.4, 0.5) is 0 Å². The molecule has 0 fully saturated rings. The molecular weight excluding hydrogens is 162 g/mol. The quantitative estimate of drug-likeness (QED) is 0.636. The molecule has 3 heteroatoms. The molecule has 0 aliphatic carbocycles. The fourth-order valence-electron chi connectivity index (χ4n) is 1.51. The first-order chi connectivity index (χ1) is 6.33. The van der Waals surface area contributed by atoms with Crippen LogP contribution in [-0.4, -0.2) is 16.5 Å². The Labute approximate surface area is 76.7 Å². The maximum absolute atomic E-state index is 4.36. The van der Waals surface area contributed by atoms with Gasteiger partial charge in [0.1, 0.15) is 0 Å². The number of benzene rings is 1. The molecule has 0 N–H and O–H groups in total. The Morgan fingerprint density at radius 2 is 2.23 bits per heavy atom. The van der Waals surface area contributed by atoms with Gasteiger partial charge in [0.2, 0.25) is 0 Å². The summed E-state index contributed by atoms with van der Waals surface area (Å²) in [5, 5.41) is 5.53. The summed E-state index contributed by atoms with van der Waals surface area (Å²) < 4.78 is 1.87. The number of rotatable bonds is 2. The maximum atomic E-state index is 4.36. The summed E-state index contributed by atoms with van der Waals surface area (Å²) in [7, 11) is 1.94. The standard InChI is InChI=1S/C10H11N3/c1-11-7-9-8-5-3-4-6-10(8)13(2)12-9/h3-6H,1,7H2,2H3. The monoisotopic (exact) mass is 173 g/mol. The van der Waals surface area contributed by atoms with E-state index in [9.17, 15) is 0 Å². The van der Waals surface area contributed by atoms with E-state index in [1.54, 1.807) is 0 Å². The summed E-state index contributed by atoms with van der Waals surface area (Å²) in [5.41, 5.74) is 2.13. The van der Waals surface area contributed by atoms with Gasteiger partial charge in [-0.3, -0.25) is 9.67 Å². The second-order valence-corrected chi connectivity index (χ2v) is 2.97. The molecule has 0 atom stereocenters. The topological polar surface area (TPSA) is 30.2 Å². The number of para-hydroxylation sites is 1. The third kappa shape index (κ3) is 1.22. The molecule has 0 spiro atoms. The molecule has 0 aliphatic heterocycles. The van der Waals surface area contributed by atoms with Crippen LogP contribution in [0.5, 0.6) is 0 Å². The highest BCUT2D eigenvalue weighted by Gasteiger charge is 2.05. The van der Waals surface area contributed by atoms with Gasteiger partial charge in [-0.05, 0) is 12.8 Å². The number of nitrogens with zero attached hydrogens (tertiary/aromatic N) is 3. The zero-order valence-corrected chi connectivity index (χ0v) is 7.57. The summed E-state index contributed by atoms with van der Waals surface area (Å²) in [5.74, 6) is 0. The highest BCUT2D eigenvalue weighted by atomic mass is 15.3. The Balaban J connectivity index is 2.70. The van der Waals surface area contributed by atoms with Gasteiger partial charge in [-0.1, -0.05) is 18.2 Å². The van der Waals surface area contributed by atoms with Crippen LogP contribution in [0.1, 0.15) is 5.69 Å². The maximum Gasteiger partial charge on any atom is 0.0917 e. The first kappa shape index (κ1) is 7.98. The molecule has 0 saturated heterocycles. The second kappa shape index (κ2) is 3.01. The largest absolute Gasteiger partial charge is 0.294 e. The van der Waals surface area contributed by atoms with Crippen molar-refractivity contribution in [3.63, 3.8) is 0 Å². The van der Waals surface area contributed by atoms with E-state index in [1.807, 2.05) is 23.9 Å². The van der Waals surface area contributed by atoms with Gasteiger partial charge in [-0.2, -0.15) is 5.10 Å². The van der Waals surface area contributed by atoms with Crippen LogP contribution in [-0.2, 0) is 13.6 Å². The van der Waals surface area contributed by atoms with E-state index in [0.717, 1.165) is 16.6 Å². The molecular formula is C10H11N3. The molecule has 2 rings (SSSR count). The minimum atomic E-state index is 0.585. The third-order valence-corrected chi connectivity index (χ3v) is 2.10. The van der Waals surface area contributed by atoms with E-state index in [4.69, 9.17) is 0 Å². The highest BCUT2D eigenvalue weighted by Crippen LogP contribution is 2.17. The molecule has 0 aliphatic rings. The average molecular weight is 173 g/mol. The molecule has 1 aromatic carbocycles. The summed E-state index contributed by atoms with van der Waals surface area (Å²) in [4.78, 5) is 3.84. The first-order valence-electron chi connectivity index (χ1n) is 4.16. The molecule has 13 heavy (non-hydrogen) atoms. The van der Waals surface area contributed by atoms with Crippen molar-refractivity contribution in [3.8, 4) is 0 Å². The van der Waals surface area contributed by atoms with E-state index >= 15 is 0 Å². The van der Waals surface area contributed by atoms with Crippen LogP contribution in [0.15, 0.2) is 29.3 Å². The van der Waals surface area contributed by atoms with Crippen molar-refractivity contribution < 1.29 is 0 Å². The SMILES string of the molecule is C=NCc1nn(C)c2ccccc12. The minimum absolute atomic E-state index is 0.585. The van der Waals surface area contributed by atoms with E-state index in [0.29, 0.717) is 6.54 Å². The van der Waals surface area contributed by atoms with E-state index in [1.165, 1.54) is 0 Å². The number of aliphatic imine (C=N–C) groups is 1. The Morgan fingerprint density at radius 3 is 3.00 bits per heavy atom. The van der Waals surface area contributed by atoms with Crippen LogP contribution in [0, 0.1) is 0 Å². The summed E-state index contributed by atoms with van der Waals surface area (Å²) in [6.07, 6.45) is 0. The summed E-state index contributed by atoms with van der Waals surface area (Å²) >= 11 is 0. The fourth-order valence-corrected chi connectivity index (χ4v) is 1.51. The molecule has 1 heterocycles. The van der Waals surface area contributed by atoms with Crippen molar-refractivity contribution in [2.75, 3.05) is 0 Å². The Morgan fingerprint density at radius 1 is 1.46 bits per heavy atom. The molecule has 0 unspecified atom stereocenters. The number of hydrogen-bond acceptors (Lipinski definition) is 2. The molecule has 3 nitrogen and oxygen atoms in total. The van der Waals surface area contributed by atoms with Crippen molar-refractivity contribution in [2.24, 2.45) is 12.0 Å². The molecule has 66 valence electrons. The predicted octanol–water partition coefficient (Wildman–Crippen LogP) is 1.77. The molecule has 1 aromatic heterocycles. The molecule has 0 saturated carbocycles. The van der Waals surface area contributed by atoms with Gasteiger partial charge >= 0.3 is 0 Å². The van der Waals surface area contributed by atoms with Crippen molar-refractivity contribution in [3.05, 3.63) is 30.0 Å². The van der Waals surface area contributed by atoms with E-state index in [-0.39, 0.29) is 0 Å². The Hall–Kier alpha value is -1.64. The molecule has 0 amide bonds. The number of aromatic nitrogens is 2. The van der Waals surface area contributed by atoms with Crippen molar-refractivity contribution in [1.82, 2.24) is 9.78 Å². The van der Waals surface area contributed by atoms with Crippen LogP contribution < -0.4 is 0 Å². The summed E-state index contributed by atoms with van der Waals surface area (Å²) in [6.45, 7) is 4.06. The average Bonchev–Trinajstić information content (AvgIpc) is 2.46. The van der Waals surface area contributed by atoms with Crippen molar-refractivity contribution in [2.45, 2.75) is 6.54 Å². The van der Waals surface area contributed by atoms with Crippen molar-refractivity contribution in [1.29, 1.82) is 0 Å².